The monoisotopic (exact) mass is 308 g/mol. The van der Waals surface area contributed by atoms with Gasteiger partial charge in [-0.3, -0.25) is 0 Å². The zero-order valence-corrected chi connectivity index (χ0v) is 12.2. The molecule has 0 aliphatic heterocycles. The third kappa shape index (κ3) is 6.31. The van der Waals surface area contributed by atoms with Crippen molar-refractivity contribution in [2.75, 3.05) is 29.6 Å². The van der Waals surface area contributed by atoms with Gasteiger partial charge in [-0.25, -0.2) is 9.97 Å². The lowest BCUT2D eigenvalue weighted by Gasteiger charge is -2.10. The summed E-state index contributed by atoms with van der Waals surface area (Å²) in [6, 6.07) is 1.31. The average Bonchev–Trinajstić information content (AvgIpc) is 2.36. The second-order valence-corrected chi connectivity index (χ2v) is 5.32. The van der Waals surface area contributed by atoms with Gasteiger partial charge in [0.05, 0.1) is 0 Å². The van der Waals surface area contributed by atoms with Crippen molar-refractivity contribution in [1.82, 2.24) is 9.97 Å². The summed E-state index contributed by atoms with van der Waals surface area (Å²) in [6.07, 6.45) is 1.71. The molecule has 0 saturated carbocycles. The molecule has 1 heterocycles. The zero-order chi connectivity index (χ0) is 15.0. The number of halogens is 3. The number of nitrogens with one attached hydrogen (secondary N) is 1. The maximum Gasteiger partial charge on any atom is 0.451 e. The van der Waals surface area contributed by atoms with Crippen molar-refractivity contribution < 1.29 is 13.2 Å². The van der Waals surface area contributed by atoms with Crippen LogP contribution in [0.25, 0.3) is 0 Å². The van der Waals surface area contributed by atoms with Crippen molar-refractivity contribution in [2.45, 2.75) is 31.9 Å². The Kier molecular flexibility index (Phi) is 6.90. The number of alkyl halides is 3. The molecule has 0 aliphatic rings. The van der Waals surface area contributed by atoms with Crippen LogP contribution in [0.4, 0.5) is 24.8 Å². The van der Waals surface area contributed by atoms with E-state index in [0.29, 0.717) is 6.54 Å². The van der Waals surface area contributed by atoms with Gasteiger partial charge in [-0.05, 0) is 24.9 Å². The predicted molar refractivity (Wildman–Crippen MR) is 76.8 cm³/mol. The lowest BCUT2D eigenvalue weighted by Crippen LogP contribution is -2.15. The highest BCUT2D eigenvalue weighted by atomic mass is 32.2. The van der Waals surface area contributed by atoms with E-state index >= 15 is 0 Å². The summed E-state index contributed by atoms with van der Waals surface area (Å²) < 4.78 is 37.5. The maximum atomic E-state index is 12.5. The van der Waals surface area contributed by atoms with Gasteiger partial charge in [0, 0.05) is 12.6 Å². The smallest absolute Gasteiger partial charge is 0.384 e. The Morgan fingerprint density at radius 1 is 1.20 bits per heavy atom. The van der Waals surface area contributed by atoms with E-state index in [4.69, 9.17) is 5.73 Å². The number of nitrogens with zero attached hydrogens (tertiary/aromatic N) is 2. The lowest BCUT2D eigenvalue weighted by molar-refractivity contribution is -0.144. The number of unbranched alkanes of at least 4 members (excludes halogenated alkanes) is 3. The molecule has 3 N–H and O–H groups in total. The van der Waals surface area contributed by atoms with Gasteiger partial charge in [0.25, 0.3) is 0 Å². The minimum Gasteiger partial charge on any atom is -0.384 e. The van der Waals surface area contributed by atoms with E-state index in [1.807, 2.05) is 11.8 Å². The Hall–Kier alpha value is -1.18. The molecule has 0 aromatic carbocycles. The molecular weight excluding hydrogens is 289 g/mol. The largest absolute Gasteiger partial charge is 0.451 e. The topological polar surface area (TPSA) is 63.8 Å². The van der Waals surface area contributed by atoms with E-state index in [1.54, 1.807) is 0 Å². The minimum absolute atomic E-state index is 0.119. The summed E-state index contributed by atoms with van der Waals surface area (Å²) in [5.41, 5.74) is 5.35. The highest BCUT2D eigenvalue weighted by Gasteiger charge is 2.35. The summed E-state index contributed by atoms with van der Waals surface area (Å²) in [6.45, 7) is 0.576. The van der Waals surface area contributed by atoms with Gasteiger partial charge < -0.3 is 11.1 Å². The van der Waals surface area contributed by atoms with E-state index in [9.17, 15) is 13.2 Å². The molecule has 0 spiro atoms. The molecule has 0 saturated heterocycles. The normalized spacial score (nSPS) is 11.6. The van der Waals surface area contributed by atoms with Crippen molar-refractivity contribution in [3.63, 3.8) is 0 Å². The van der Waals surface area contributed by atoms with Crippen molar-refractivity contribution in [1.29, 1.82) is 0 Å². The molecule has 20 heavy (non-hydrogen) atoms. The first kappa shape index (κ1) is 16.9. The molecule has 0 atom stereocenters. The Labute approximate surface area is 120 Å². The van der Waals surface area contributed by atoms with E-state index in [-0.39, 0.29) is 11.6 Å². The van der Waals surface area contributed by atoms with Gasteiger partial charge in [0.2, 0.25) is 5.82 Å². The summed E-state index contributed by atoms with van der Waals surface area (Å²) in [4.78, 5) is 6.60. The second-order valence-electron chi connectivity index (χ2n) is 4.33. The van der Waals surface area contributed by atoms with E-state index in [1.165, 1.54) is 12.5 Å². The van der Waals surface area contributed by atoms with Crippen molar-refractivity contribution in [2.24, 2.45) is 0 Å². The summed E-state index contributed by atoms with van der Waals surface area (Å²) in [5, 5.41) is 2.85. The van der Waals surface area contributed by atoms with Crippen LogP contribution in [-0.2, 0) is 6.18 Å². The van der Waals surface area contributed by atoms with Crippen molar-refractivity contribution in [3.8, 4) is 0 Å². The highest BCUT2D eigenvalue weighted by molar-refractivity contribution is 7.98. The number of nitrogen functional groups attached to an aromatic ring is 1. The third-order valence-corrected chi connectivity index (χ3v) is 3.28. The SMILES string of the molecule is CSCCCCCCNc1cc(N)nc(C(F)(F)F)n1. The summed E-state index contributed by atoms with van der Waals surface area (Å²) in [7, 11) is 0. The van der Waals surface area contributed by atoms with Gasteiger partial charge in [0.1, 0.15) is 11.6 Å². The molecule has 1 aromatic rings. The number of nitrogens with two attached hydrogens (primary N) is 1. The molecule has 114 valence electrons. The number of anilines is 2. The van der Waals surface area contributed by atoms with Crippen LogP contribution in [0.2, 0.25) is 0 Å². The maximum absolute atomic E-state index is 12.5. The number of thioether (sulfide) groups is 1. The van der Waals surface area contributed by atoms with Gasteiger partial charge in [-0.1, -0.05) is 12.8 Å². The number of hydrogen-bond acceptors (Lipinski definition) is 5. The average molecular weight is 308 g/mol. The first-order valence-electron chi connectivity index (χ1n) is 6.38. The van der Waals surface area contributed by atoms with Crippen molar-refractivity contribution in [3.05, 3.63) is 11.9 Å². The zero-order valence-electron chi connectivity index (χ0n) is 11.3. The van der Waals surface area contributed by atoms with Gasteiger partial charge >= 0.3 is 6.18 Å². The lowest BCUT2D eigenvalue weighted by atomic mass is 10.2. The molecule has 0 radical (unpaired) electrons. The second kappa shape index (κ2) is 8.18. The Balaban J connectivity index is 2.39. The van der Waals surface area contributed by atoms with Crippen LogP contribution >= 0.6 is 11.8 Å². The molecule has 4 nitrogen and oxygen atoms in total. The first-order valence-corrected chi connectivity index (χ1v) is 7.77. The predicted octanol–water partition coefficient (Wildman–Crippen LogP) is 3.41. The van der Waals surface area contributed by atoms with Gasteiger partial charge in [-0.15, -0.1) is 0 Å². The molecule has 0 fully saturated rings. The number of rotatable bonds is 8. The molecule has 0 bridgehead atoms. The molecule has 0 amide bonds. The molecule has 1 aromatic heterocycles. The molecule has 0 unspecified atom stereocenters. The van der Waals surface area contributed by atoms with Crippen LogP contribution < -0.4 is 11.1 Å². The molecule has 1 rings (SSSR count). The van der Waals surface area contributed by atoms with Crippen LogP contribution in [0.5, 0.6) is 0 Å². The molecular formula is C12H19F3N4S. The van der Waals surface area contributed by atoms with Gasteiger partial charge in [-0.2, -0.15) is 24.9 Å². The number of aromatic nitrogens is 2. The van der Waals surface area contributed by atoms with Crippen LogP contribution in [0, 0.1) is 0 Å². The fourth-order valence-electron chi connectivity index (χ4n) is 1.62. The highest BCUT2D eigenvalue weighted by Crippen LogP contribution is 2.27. The van der Waals surface area contributed by atoms with E-state index in [2.05, 4.69) is 21.5 Å². The fraction of sp³-hybridized carbons (Fsp3) is 0.667. The minimum atomic E-state index is -4.58. The Morgan fingerprint density at radius 3 is 2.55 bits per heavy atom. The summed E-state index contributed by atoms with van der Waals surface area (Å²) in [5.74, 6) is -0.131. The van der Waals surface area contributed by atoms with Crippen LogP contribution in [0.1, 0.15) is 31.5 Å². The van der Waals surface area contributed by atoms with Crippen LogP contribution in [0.15, 0.2) is 6.07 Å². The van der Waals surface area contributed by atoms with E-state index < -0.39 is 12.0 Å². The van der Waals surface area contributed by atoms with Crippen LogP contribution in [-0.4, -0.2) is 28.5 Å². The summed E-state index contributed by atoms with van der Waals surface area (Å²) >= 11 is 1.81. The Bertz CT molecular complexity index is 412. The molecule has 0 aliphatic carbocycles. The van der Waals surface area contributed by atoms with Crippen molar-refractivity contribution >= 4 is 23.4 Å². The standard InChI is InChI=1S/C12H19F3N4S/c1-20-7-5-3-2-4-6-17-10-8-9(16)18-11(19-10)12(13,14)15/h8H,2-7H2,1H3,(H3,16,17,18,19). The third-order valence-electron chi connectivity index (χ3n) is 2.58. The molecule has 8 heteroatoms. The fourth-order valence-corrected chi connectivity index (χ4v) is 2.12. The van der Waals surface area contributed by atoms with E-state index in [0.717, 1.165) is 25.0 Å². The Morgan fingerprint density at radius 2 is 1.90 bits per heavy atom. The van der Waals surface area contributed by atoms with Gasteiger partial charge in [0.15, 0.2) is 0 Å². The first-order chi connectivity index (χ1) is 9.43. The number of hydrogen-bond donors (Lipinski definition) is 2. The quantitative estimate of drug-likeness (QED) is 0.721. The van der Waals surface area contributed by atoms with Crippen LogP contribution in [0.3, 0.4) is 0 Å².